The van der Waals surface area contributed by atoms with Crippen molar-refractivity contribution in [2.45, 2.75) is 20.3 Å². The Morgan fingerprint density at radius 1 is 1.33 bits per heavy atom. The Hall–Kier alpha value is -1.74. The Balaban J connectivity index is 2.30. The molecule has 2 N–H and O–H groups in total. The van der Waals surface area contributed by atoms with Crippen LogP contribution < -0.4 is 5.73 Å². The van der Waals surface area contributed by atoms with Crippen LogP contribution in [0, 0.1) is 12.8 Å². The molecule has 1 heterocycles. The first-order valence-corrected chi connectivity index (χ1v) is 6.21. The molecule has 0 amide bonds. The number of hydrogen-bond donors (Lipinski definition) is 1. The van der Waals surface area contributed by atoms with E-state index in [-0.39, 0.29) is 11.7 Å². The third kappa shape index (κ3) is 2.74. The van der Waals surface area contributed by atoms with E-state index in [2.05, 4.69) is 4.98 Å². The van der Waals surface area contributed by atoms with Crippen LogP contribution in [0.3, 0.4) is 0 Å². The molecule has 0 aliphatic rings. The second kappa shape index (κ2) is 5.27. The zero-order valence-corrected chi connectivity index (χ0v) is 10.8. The molecule has 1 aromatic heterocycles. The standard InChI is InChI=1S/C15H18N2O/c1-10(9-16)7-15(18)13-5-6-14-12(8-13)4-3-11(2)17-14/h3-6,8,10H,7,9,16H2,1-2H3. The average molecular weight is 242 g/mol. The van der Waals surface area contributed by atoms with E-state index in [1.165, 1.54) is 0 Å². The van der Waals surface area contributed by atoms with Gasteiger partial charge in [-0.1, -0.05) is 13.0 Å². The minimum Gasteiger partial charge on any atom is -0.330 e. The lowest BCUT2D eigenvalue weighted by Crippen LogP contribution is -2.15. The highest BCUT2D eigenvalue weighted by Crippen LogP contribution is 2.17. The maximum atomic E-state index is 12.0. The monoisotopic (exact) mass is 242 g/mol. The molecule has 3 nitrogen and oxygen atoms in total. The van der Waals surface area contributed by atoms with Crippen LogP contribution in [0.5, 0.6) is 0 Å². The summed E-state index contributed by atoms with van der Waals surface area (Å²) in [6, 6.07) is 9.62. The topological polar surface area (TPSA) is 56.0 Å². The molecule has 18 heavy (non-hydrogen) atoms. The molecule has 0 saturated heterocycles. The van der Waals surface area contributed by atoms with Crippen molar-refractivity contribution in [2.24, 2.45) is 11.7 Å². The van der Waals surface area contributed by atoms with Gasteiger partial charge < -0.3 is 5.73 Å². The number of ketones is 1. The van der Waals surface area contributed by atoms with Crippen molar-refractivity contribution in [1.29, 1.82) is 0 Å². The van der Waals surface area contributed by atoms with Gasteiger partial charge in [0.15, 0.2) is 5.78 Å². The number of nitrogens with two attached hydrogens (primary N) is 1. The molecular weight excluding hydrogens is 224 g/mol. The van der Waals surface area contributed by atoms with Gasteiger partial charge in [0, 0.05) is 23.1 Å². The number of pyridine rings is 1. The Bertz CT molecular complexity index is 578. The van der Waals surface area contributed by atoms with Gasteiger partial charge in [-0.05, 0) is 43.7 Å². The number of rotatable bonds is 4. The van der Waals surface area contributed by atoms with Crippen LogP contribution in [0.4, 0.5) is 0 Å². The van der Waals surface area contributed by atoms with Gasteiger partial charge in [0.25, 0.3) is 0 Å². The summed E-state index contributed by atoms with van der Waals surface area (Å²) in [7, 11) is 0. The Kier molecular flexibility index (Phi) is 3.72. The molecule has 0 bridgehead atoms. The summed E-state index contributed by atoms with van der Waals surface area (Å²) >= 11 is 0. The molecule has 0 fully saturated rings. The molecule has 0 saturated carbocycles. The number of aryl methyl sites for hydroxylation is 1. The molecule has 0 aliphatic carbocycles. The quantitative estimate of drug-likeness (QED) is 0.839. The van der Waals surface area contributed by atoms with E-state index in [0.717, 1.165) is 22.2 Å². The van der Waals surface area contributed by atoms with E-state index < -0.39 is 0 Å². The average Bonchev–Trinajstić information content (AvgIpc) is 2.37. The second-order valence-corrected chi connectivity index (χ2v) is 4.83. The van der Waals surface area contributed by atoms with Crippen LogP contribution in [0.2, 0.25) is 0 Å². The fraction of sp³-hybridized carbons (Fsp3) is 0.333. The van der Waals surface area contributed by atoms with Gasteiger partial charge >= 0.3 is 0 Å². The summed E-state index contributed by atoms with van der Waals surface area (Å²) in [5.41, 5.74) is 8.20. The Morgan fingerprint density at radius 3 is 2.83 bits per heavy atom. The van der Waals surface area contributed by atoms with E-state index in [9.17, 15) is 4.79 Å². The molecule has 2 rings (SSSR count). The first-order valence-electron chi connectivity index (χ1n) is 6.21. The molecule has 1 atom stereocenters. The van der Waals surface area contributed by atoms with Crippen molar-refractivity contribution in [2.75, 3.05) is 6.54 Å². The minimum absolute atomic E-state index is 0.149. The lowest BCUT2D eigenvalue weighted by Gasteiger charge is -2.08. The second-order valence-electron chi connectivity index (χ2n) is 4.83. The number of hydrogen-bond acceptors (Lipinski definition) is 3. The van der Waals surface area contributed by atoms with Crippen LogP contribution in [0.1, 0.15) is 29.4 Å². The fourth-order valence-electron chi connectivity index (χ4n) is 1.92. The first-order chi connectivity index (χ1) is 8.60. The number of fused-ring (bicyclic) bond motifs is 1. The van der Waals surface area contributed by atoms with E-state index >= 15 is 0 Å². The Morgan fingerprint density at radius 2 is 2.11 bits per heavy atom. The number of benzene rings is 1. The van der Waals surface area contributed by atoms with E-state index in [1.54, 1.807) is 0 Å². The molecule has 3 heteroatoms. The maximum Gasteiger partial charge on any atom is 0.163 e. The largest absolute Gasteiger partial charge is 0.330 e. The molecule has 94 valence electrons. The number of aromatic nitrogens is 1. The predicted octanol–water partition coefficient (Wildman–Crippen LogP) is 2.71. The van der Waals surface area contributed by atoms with Gasteiger partial charge in [-0.25, -0.2) is 0 Å². The third-order valence-corrected chi connectivity index (χ3v) is 3.09. The lowest BCUT2D eigenvalue weighted by atomic mass is 9.99. The van der Waals surface area contributed by atoms with E-state index in [0.29, 0.717) is 13.0 Å². The van der Waals surface area contributed by atoms with Crippen molar-refractivity contribution < 1.29 is 4.79 Å². The third-order valence-electron chi connectivity index (χ3n) is 3.09. The van der Waals surface area contributed by atoms with Gasteiger partial charge in [-0.15, -0.1) is 0 Å². The fourth-order valence-corrected chi connectivity index (χ4v) is 1.92. The van der Waals surface area contributed by atoms with Gasteiger partial charge in [0.1, 0.15) is 0 Å². The smallest absolute Gasteiger partial charge is 0.163 e. The highest BCUT2D eigenvalue weighted by molar-refractivity contribution is 5.99. The van der Waals surface area contributed by atoms with Crippen LogP contribution >= 0.6 is 0 Å². The molecule has 2 aromatic rings. The van der Waals surface area contributed by atoms with Crippen LogP contribution in [0.25, 0.3) is 10.9 Å². The first kappa shape index (κ1) is 12.7. The SMILES string of the molecule is Cc1ccc2cc(C(=O)CC(C)CN)ccc2n1. The van der Waals surface area contributed by atoms with Crippen molar-refractivity contribution in [3.05, 3.63) is 41.6 Å². The predicted molar refractivity (Wildman–Crippen MR) is 73.6 cm³/mol. The molecule has 1 aromatic carbocycles. The van der Waals surface area contributed by atoms with Crippen LogP contribution in [-0.4, -0.2) is 17.3 Å². The maximum absolute atomic E-state index is 12.0. The van der Waals surface area contributed by atoms with Crippen molar-refractivity contribution >= 4 is 16.7 Å². The van der Waals surface area contributed by atoms with Crippen molar-refractivity contribution in [3.8, 4) is 0 Å². The minimum atomic E-state index is 0.149. The number of nitrogens with zero attached hydrogens (tertiary/aromatic N) is 1. The summed E-state index contributed by atoms with van der Waals surface area (Å²) in [6.45, 7) is 4.49. The van der Waals surface area contributed by atoms with E-state index in [1.807, 2.05) is 44.2 Å². The summed E-state index contributed by atoms with van der Waals surface area (Å²) in [6.07, 6.45) is 0.501. The molecule has 1 unspecified atom stereocenters. The highest BCUT2D eigenvalue weighted by Gasteiger charge is 2.10. The Labute approximate surface area is 107 Å². The summed E-state index contributed by atoms with van der Waals surface area (Å²) < 4.78 is 0. The molecule has 0 aliphatic heterocycles. The summed E-state index contributed by atoms with van der Waals surface area (Å²) in [5.74, 6) is 0.375. The van der Waals surface area contributed by atoms with Crippen LogP contribution in [-0.2, 0) is 0 Å². The normalized spacial score (nSPS) is 12.6. The van der Waals surface area contributed by atoms with E-state index in [4.69, 9.17) is 5.73 Å². The van der Waals surface area contributed by atoms with Gasteiger partial charge in [0.2, 0.25) is 0 Å². The molecule has 0 radical (unpaired) electrons. The van der Waals surface area contributed by atoms with Crippen LogP contribution in [0.15, 0.2) is 30.3 Å². The molecule has 0 spiro atoms. The summed E-state index contributed by atoms with van der Waals surface area (Å²) in [4.78, 5) is 16.5. The summed E-state index contributed by atoms with van der Waals surface area (Å²) in [5, 5.41) is 1.01. The van der Waals surface area contributed by atoms with Gasteiger partial charge in [-0.3, -0.25) is 9.78 Å². The number of carbonyl (C=O) groups excluding carboxylic acids is 1. The number of Topliss-reactive ketones (excluding diaryl/α,β-unsaturated/α-hetero) is 1. The van der Waals surface area contributed by atoms with Gasteiger partial charge in [-0.2, -0.15) is 0 Å². The zero-order valence-electron chi connectivity index (χ0n) is 10.8. The molecular formula is C15H18N2O. The van der Waals surface area contributed by atoms with Crippen molar-refractivity contribution in [1.82, 2.24) is 4.98 Å². The zero-order chi connectivity index (χ0) is 13.1. The lowest BCUT2D eigenvalue weighted by molar-refractivity contribution is 0.0966. The van der Waals surface area contributed by atoms with Crippen molar-refractivity contribution in [3.63, 3.8) is 0 Å². The number of carbonyl (C=O) groups is 1. The highest BCUT2D eigenvalue weighted by atomic mass is 16.1. The van der Waals surface area contributed by atoms with Gasteiger partial charge in [0.05, 0.1) is 5.52 Å².